The van der Waals surface area contributed by atoms with Crippen LogP contribution in [-0.4, -0.2) is 12.3 Å². The fourth-order valence-electron chi connectivity index (χ4n) is 2.89. The Kier molecular flexibility index (Phi) is 4.54. The molecule has 2 heteroatoms. The maximum absolute atomic E-state index is 12.2. The van der Waals surface area contributed by atoms with Gasteiger partial charge >= 0.3 is 0 Å². The van der Waals surface area contributed by atoms with Crippen molar-refractivity contribution in [1.29, 1.82) is 0 Å². The molecule has 0 radical (unpaired) electrons. The van der Waals surface area contributed by atoms with Crippen molar-refractivity contribution < 1.29 is 4.79 Å². The van der Waals surface area contributed by atoms with Gasteiger partial charge in [0.25, 0.3) is 0 Å². The number of aryl methyl sites for hydroxylation is 1. The average Bonchev–Trinajstić information content (AvgIpc) is 2.39. The van der Waals surface area contributed by atoms with E-state index in [1.165, 1.54) is 5.56 Å². The first kappa shape index (κ1) is 13.3. The smallest absolute Gasteiger partial charge is 0.140 e. The highest BCUT2D eigenvalue weighted by molar-refractivity contribution is 5.83. The fourth-order valence-corrected chi connectivity index (χ4v) is 2.89. The third-order valence-electron chi connectivity index (χ3n) is 4.10. The first-order valence-corrected chi connectivity index (χ1v) is 6.97. The van der Waals surface area contributed by atoms with E-state index in [-0.39, 0.29) is 5.92 Å². The molecule has 18 heavy (non-hydrogen) atoms. The summed E-state index contributed by atoms with van der Waals surface area (Å²) in [5.74, 6) is 1.33. The summed E-state index contributed by atoms with van der Waals surface area (Å²) in [5.41, 5.74) is 8.06. The zero-order valence-corrected chi connectivity index (χ0v) is 11.2. The van der Waals surface area contributed by atoms with Crippen LogP contribution in [0.5, 0.6) is 0 Å². The Morgan fingerprint density at radius 2 is 2.00 bits per heavy atom. The zero-order chi connectivity index (χ0) is 13.0. The molecule has 1 fully saturated rings. The van der Waals surface area contributed by atoms with Crippen LogP contribution in [0.25, 0.3) is 0 Å². The van der Waals surface area contributed by atoms with Gasteiger partial charge in [0.15, 0.2) is 0 Å². The van der Waals surface area contributed by atoms with E-state index in [4.69, 9.17) is 5.73 Å². The van der Waals surface area contributed by atoms with Gasteiger partial charge in [0.1, 0.15) is 5.78 Å². The third-order valence-corrected chi connectivity index (χ3v) is 4.10. The molecule has 0 aliphatic heterocycles. The summed E-state index contributed by atoms with van der Waals surface area (Å²) in [6.07, 6.45) is 4.92. The maximum Gasteiger partial charge on any atom is 0.140 e. The van der Waals surface area contributed by atoms with Crippen molar-refractivity contribution in [1.82, 2.24) is 0 Å². The van der Waals surface area contributed by atoms with Crippen molar-refractivity contribution in [3.8, 4) is 0 Å². The van der Waals surface area contributed by atoms with Crippen molar-refractivity contribution in [3.63, 3.8) is 0 Å². The molecular weight excluding hydrogens is 222 g/mol. The van der Waals surface area contributed by atoms with E-state index in [0.29, 0.717) is 18.1 Å². The highest BCUT2D eigenvalue weighted by atomic mass is 16.1. The number of carbonyl (C=O) groups is 1. The molecule has 0 spiro atoms. The van der Waals surface area contributed by atoms with Gasteiger partial charge in [-0.15, -0.1) is 0 Å². The van der Waals surface area contributed by atoms with Gasteiger partial charge < -0.3 is 5.73 Å². The van der Waals surface area contributed by atoms with Crippen LogP contribution in [0, 0.1) is 18.8 Å². The summed E-state index contributed by atoms with van der Waals surface area (Å²) < 4.78 is 0. The minimum absolute atomic E-state index is 0.272. The number of hydrogen-bond acceptors (Lipinski definition) is 2. The second kappa shape index (κ2) is 6.14. The van der Waals surface area contributed by atoms with E-state index in [1.807, 2.05) is 6.07 Å². The third kappa shape index (κ3) is 3.42. The minimum atomic E-state index is 0.272. The molecule has 2 N–H and O–H groups in total. The monoisotopic (exact) mass is 245 g/mol. The lowest BCUT2D eigenvalue weighted by molar-refractivity contribution is -0.123. The largest absolute Gasteiger partial charge is 0.330 e. The van der Waals surface area contributed by atoms with Crippen LogP contribution in [0.4, 0.5) is 0 Å². The topological polar surface area (TPSA) is 43.1 Å². The summed E-state index contributed by atoms with van der Waals surface area (Å²) in [4.78, 5) is 12.2. The van der Waals surface area contributed by atoms with E-state index in [1.54, 1.807) is 0 Å². The number of carbonyl (C=O) groups excluding carboxylic acids is 1. The molecule has 1 aromatic carbocycles. The number of benzene rings is 1. The molecule has 2 nitrogen and oxygen atoms in total. The second-order valence-corrected chi connectivity index (χ2v) is 5.59. The zero-order valence-electron chi connectivity index (χ0n) is 11.2. The quantitative estimate of drug-likeness (QED) is 0.886. The maximum atomic E-state index is 12.2. The van der Waals surface area contributed by atoms with E-state index >= 15 is 0 Å². The van der Waals surface area contributed by atoms with Crippen molar-refractivity contribution in [2.75, 3.05) is 6.54 Å². The molecule has 1 aromatic rings. The lowest BCUT2D eigenvalue weighted by Gasteiger charge is -2.26. The first-order chi connectivity index (χ1) is 8.69. The lowest BCUT2D eigenvalue weighted by Crippen LogP contribution is -2.26. The van der Waals surface area contributed by atoms with Gasteiger partial charge in [-0.05, 0) is 50.6 Å². The summed E-state index contributed by atoms with van der Waals surface area (Å²) in [6, 6.07) is 8.27. The Labute approximate surface area is 110 Å². The second-order valence-electron chi connectivity index (χ2n) is 5.59. The fraction of sp³-hybridized carbons (Fsp3) is 0.562. The Morgan fingerprint density at radius 3 is 2.61 bits per heavy atom. The van der Waals surface area contributed by atoms with Crippen molar-refractivity contribution in [3.05, 3.63) is 35.4 Å². The SMILES string of the molecule is Cc1cccc(CC(=O)C2CCC(CN)CC2)c1. The highest BCUT2D eigenvalue weighted by Gasteiger charge is 2.25. The molecule has 98 valence electrons. The van der Waals surface area contributed by atoms with Crippen LogP contribution < -0.4 is 5.73 Å². The van der Waals surface area contributed by atoms with Crippen LogP contribution in [0.1, 0.15) is 36.8 Å². The molecule has 1 aliphatic rings. The van der Waals surface area contributed by atoms with Gasteiger partial charge in [0.2, 0.25) is 0 Å². The molecule has 0 unspecified atom stereocenters. The van der Waals surface area contributed by atoms with Gasteiger partial charge in [-0.25, -0.2) is 0 Å². The van der Waals surface area contributed by atoms with Crippen molar-refractivity contribution in [2.45, 2.75) is 39.0 Å². The summed E-state index contributed by atoms with van der Waals surface area (Å²) >= 11 is 0. The molecule has 0 amide bonds. The molecule has 1 saturated carbocycles. The van der Waals surface area contributed by atoms with E-state index < -0.39 is 0 Å². The number of Topliss-reactive ketones (excluding diaryl/α,β-unsaturated/α-hetero) is 1. The Balaban J connectivity index is 1.89. The molecule has 0 atom stereocenters. The van der Waals surface area contributed by atoms with Gasteiger partial charge in [0.05, 0.1) is 0 Å². The van der Waals surface area contributed by atoms with Crippen LogP contribution in [0.2, 0.25) is 0 Å². The molecule has 0 aromatic heterocycles. The van der Waals surface area contributed by atoms with Crippen molar-refractivity contribution >= 4 is 5.78 Å². The molecule has 0 bridgehead atoms. The van der Waals surface area contributed by atoms with Crippen LogP contribution >= 0.6 is 0 Å². The Hall–Kier alpha value is -1.15. The summed E-state index contributed by atoms with van der Waals surface area (Å²) in [7, 11) is 0. The van der Waals surface area contributed by atoms with Gasteiger partial charge in [-0.1, -0.05) is 29.8 Å². The standard InChI is InChI=1S/C16H23NO/c1-12-3-2-4-14(9-12)10-16(18)15-7-5-13(11-17)6-8-15/h2-4,9,13,15H,5-8,10-11,17H2,1H3. The molecule has 0 heterocycles. The number of nitrogens with two attached hydrogens (primary N) is 1. The van der Waals surface area contributed by atoms with Gasteiger partial charge in [-0.3, -0.25) is 4.79 Å². The number of hydrogen-bond donors (Lipinski definition) is 1. The van der Waals surface area contributed by atoms with Gasteiger partial charge in [-0.2, -0.15) is 0 Å². The summed E-state index contributed by atoms with van der Waals surface area (Å²) in [6.45, 7) is 2.85. The Bertz CT molecular complexity index is 405. The number of rotatable bonds is 4. The molecular formula is C16H23NO. The number of ketones is 1. The molecule has 1 aliphatic carbocycles. The summed E-state index contributed by atoms with van der Waals surface area (Å²) in [5, 5.41) is 0. The van der Waals surface area contributed by atoms with Crippen LogP contribution in [0.3, 0.4) is 0 Å². The van der Waals surface area contributed by atoms with E-state index in [0.717, 1.165) is 37.8 Å². The lowest BCUT2D eigenvalue weighted by atomic mass is 9.79. The Morgan fingerprint density at radius 1 is 1.28 bits per heavy atom. The predicted molar refractivity (Wildman–Crippen MR) is 74.4 cm³/mol. The predicted octanol–water partition coefficient (Wildman–Crippen LogP) is 2.87. The van der Waals surface area contributed by atoms with Crippen LogP contribution in [-0.2, 0) is 11.2 Å². The van der Waals surface area contributed by atoms with Crippen molar-refractivity contribution in [2.24, 2.45) is 17.6 Å². The minimum Gasteiger partial charge on any atom is -0.330 e. The van der Waals surface area contributed by atoms with E-state index in [2.05, 4.69) is 25.1 Å². The average molecular weight is 245 g/mol. The normalized spacial score (nSPS) is 23.9. The molecule has 0 saturated heterocycles. The van der Waals surface area contributed by atoms with Gasteiger partial charge in [0, 0.05) is 12.3 Å². The van der Waals surface area contributed by atoms with E-state index in [9.17, 15) is 4.79 Å². The first-order valence-electron chi connectivity index (χ1n) is 6.97. The van der Waals surface area contributed by atoms with Crippen LogP contribution in [0.15, 0.2) is 24.3 Å². The molecule has 2 rings (SSSR count). The highest BCUT2D eigenvalue weighted by Crippen LogP contribution is 2.29.